The van der Waals surface area contributed by atoms with E-state index >= 15 is 0 Å². The SMILES string of the molecule is Cc1ncsc1-c1ccc(CNC(=O)[C@@H]2C[C@@H](O)CN2C(=O)[C@@H](NC(=O)COCCOCCOCCOc2cccc(N3C[C@H]4C[C@@H]3CN4c3cc(-c4ccccc4O)nnc3N)n2)C(C)(C)C)cc1. The molecule has 2 aromatic carbocycles. The number of amides is 3. The number of hydrogen-bond acceptors (Lipinski definition) is 17. The summed E-state index contributed by atoms with van der Waals surface area (Å²) in [5.74, 6) is 0.525. The number of aromatic hydroxyl groups is 1. The minimum Gasteiger partial charge on any atom is -0.507 e. The zero-order chi connectivity index (χ0) is 49.4. The Morgan fingerprint density at radius 3 is 2.29 bits per heavy atom. The predicted octanol–water partition coefficient (Wildman–Crippen LogP) is 3.96. The van der Waals surface area contributed by atoms with Crippen LogP contribution in [0, 0.1) is 12.3 Å². The number of phenolic OH excluding ortho intramolecular Hbond substituents is 1. The number of aliphatic hydroxyl groups is 1. The third-order valence-corrected chi connectivity index (χ3v) is 13.7. The Bertz CT molecular complexity index is 2590. The number of hydrogen-bond donors (Lipinski definition) is 5. The number of ether oxygens (including phenoxy) is 4. The van der Waals surface area contributed by atoms with Crippen molar-refractivity contribution in [2.75, 3.05) is 81.4 Å². The van der Waals surface area contributed by atoms with Gasteiger partial charge in [-0.05, 0) is 54.2 Å². The minimum absolute atomic E-state index is 0.0199. The lowest BCUT2D eigenvalue weighted by molar-refractivity contribution is -0.144. The molecular weight excluding hydrogens is 917 g/mol. The number of para-hydroxylation sites is 1. The van der Waals surface area contributed by atoms with E-state index in [1.54, 1.807) is 29.5 Å². The summed E-state index contributed by atoms with van der Waals surface area (Å²) in [5, 5.41) is 35.1. The van der Waals surface area contributed by atoms with Gasteiger partial charge in [0, 0.05) is 50.3 Å². The number of phenols is 1. The molecule has 8 rings (SSSR count). The molecule has 0 spiro atoms. The second-order valence-electron chi connectivity index (χ2n) is 18.8. The van der Waals surface area contributed by atoms with E-state index in [-0.39, 0.29) is 63.1 Å². The summed E-state index contributed by atoms with van der Waals surface area (Å²) >= 11 is 1.57. The zero-order valence-electron chi connectivity index (χ0n) is 40.0. The second-order valence-corrected chi connectivity index (χ2v) is 19.6. The lowest BCUT2D eigenvalue weighted by Gasteiger charge is -2.36. The van der Waals surface area contributed by atoms with Crippen molar-refractivity contribution in [3.05, 3.63) is 89.6 Å². The molecule has 3 aromatic heterocycles. The maximum Gasteiger partial charge on any atom is 0.246 e. The van der Waals surface area contributed by atoms with Crippen LogP contribution in [0.15, 0.2) is 78.3 Å². The van der Waals surface area contributed by atoms with E-state index in [1.165, 1.54) is 4.90 Å². The number of fused-ring (bicyclic) bond motifs is 2. The first-order valence-electron chi connectivity index (χ1n) is 23.6. The van der Waals surface area contributed by atoms with Crippen LogP contribution in [-0.2, 0) is 35.1 Å². The molecule has 5 atom stereocenters. The molecule has 70 heavy (non-hydrogen) atoms. The van der Waals surface area contributed by atoms with Gasteiger partial charge in [0.15, 0.2) is 5.82 Å². The molecule has 20 heteroatoms. The summed E-state index contributed by atoms with van der Waals surface area (Å²) < 4.78 is 22.8. The van der Waals surface area contributed by atoms with E-state index in [9.17, 15) is 24.6 Å². The molecule has 3 aliphatic rings. The van der Waals surface area contributed by atoms with E-state index in [4.69, 9.17) is 29.7 Å². The number of anilines is 3. The first kappa shape index (κ1) is 50.0. The molecule has 0 unspecified atom stereocenters. The number of nitrogen functional groups attached to an aromatic ring is 1. The largest absolute Gasteiger partial charge is 0.507 e. The lowest BCUT2D eigenvalue weighted by atomic mass is 9.85. The second kappa shape index (κ2) is 22.5. The van der Waals surface area contributed by atoms with Crippen LogP contribution in [0.3, 0.4) is 0 Å². The number of aromatic nitrogens is 4. The summed E-state index contributed by atoms with van der Waals surface area (Å²) in [7, 11) is 0. The molecule has 2 bridgehead atoms. The molecule has 6 N–H and O–H groups in total. The van der Waals surface area contributed by atoms with Gasteiger partial charge in [-0.25, -0.2) is 4.98 Å². The minimum atomic E-state index is -0.971. The number of carbonyl (C=O) groups is 3. The van der Waals surface area contributed by atoms with Crippen molar-refractivity contribution in [3.63, 3.8) is 0 Å². The summed E-state index contributed by atoms with van der Waals surface area (Å²) in [5.41, 5.74) is 12.3. The summed E-state index contributed by atoms with van der Waals surface area (Å²) in [4.78, 5) is 56.5. The summed E-state index contributed by atoms with van der Waals surface area (Å²) in [6, 6.07) is 21.1. The zero-order valence-corrected chi connectivity index (χ0v) is 40.8. The van der Waals surface area contributed by atoms with Gasteiger partial charge in [-0.15, -0.1) is 21.5 Å². The van der Waals surface area contributed by atoms with Gasteiger partial charge < -0.3 is 60.2 Å². The van der Waals surface area contributed by atoms with Gasteiger partial charge in [-0.1, -0.05) is 63.2 Å². The van der Waals surface area contributed by atoms with Crippen molar-refractivity contribution < 1.29 is 43.5 Å². The Labute approximate surface area is 411 Å². The molecule has 19 nitrogen and oxygen atoms in total. The molecule has 6 heterocycles. The van der Waals surface area contributed by atoms with Crippen molar-refractivity contribution in [2.24, 2.45) is 5.41 Å². The van der Waals surface area contributed by atoms with Crippen molar-refractivity contribution in [1.82, 2.24) is 35.7 Å². The molecule has 3 aliphatic heterocycles. The topological polar surface area (TPSA) is 240 Å². The van der Waals surface area contributed by atoms with Crippen molar-refractivity contribution in [3.8, 4) is 33.3 Å². The standard InChI is InChI=1S/C50H62N10O9S/c1-31-45(70-30-53-31)33-14-12-32(13-15-33)25-52-48(64)40-23-36(61)28-60(40)49(65)46(50(2,3)4)55-43(63)29-68-19-18-66-16-17-67-20-21-69-44-11-7-10-42(54-44)59-27-34-22-35(59)26-58(34)39-24-38(56-57-47(39)51)37-8-5-6-9-41(37)62/h5-15,24,30,34-36,40,46,61-62H,16-23,25-29H2,1-4H3,(H2,51,57)(H,52,64)(H,55,63)/t34-,35-,36-,40+,46-/m1/s1. The Morgan fingerprint density at radius 1 is 0.871 bits per heavy atom. The fraction of sp³-hybridized carbons (Fsp3) is 0.460. The maximum atomic E-state index is 14.0. The van der Waals surface area contributed by atoms with Crippen molar-refractivity contribution in [1.29, 1.82) is 0 Å². The number of rotatable bonds is 21. The van der Waals surface area contributed by atoms with Crippen molar-refractivity contribution in [2.45, 2.75) is 77.4 Å². The first-order chi connectivity index (χ1) is 33.7. The normalized spacial score (nSPS) is 19.1. The van der Waals surface area contributed by atoms with E-state index < -0.39 is 35.4 Å². The molecule has 0 saturated carbocycles. The Balaban J connectivity index is 0.696. The van der Waals surface area contributed by atoms with Crippen LogP contribution in [0.5, 0.6) is 11.6 Å². The van der Waals surface area contributed by atoms with Crippen LogP contribution in [0.4, 0.5) is 17.3 Å². The van der Waals surface area contributed by atoms with Crippen molar-refractivity contribution >= 4 is 46.4 Å². The Hall–Kier alpha value is -6.45. The predicted molar refractivity (Wildman–Crippen MR) is 264 cm³/mol. The molecule has 3 saturated heterocycles. The van der Waals surface area contributed by atoms with Gasteiger partial charge in [0.1, 0.15) is 36.9 Å². The average Bonchev–Trinajstić information content (AvgIpc) is 4.17. The number of nitrogens with two attached hydrogens (primary N) is 1. The molecular formula is C50H62N10O9S. The number of thiazole rings is 1. The molecule has 5 aromatic rings. The third kappa shape index (κ3) is 12.1. The smallest absolute Gasteiger partial charge is 0.246 e. The van der Waals surface area contributed by atoms with Gasteiger partial charge in [0.25, 0.3) is 0 Å². The van der Waals surface area contributed by atoms with Gasteiger partial charge in [-0.3, -0.25) is 14.4 Å². The number of β-amino-alcohol motifs (C(OH)–C–C–N with tert-alkyl or cyclic N) is 1. The van der Waals surface area contributed by atoms with Gasteiger partial charge in [0.2, 0.25) is 23.6 Å². The first-order valence-corrected chi connectivity index (χ1v) is 24.4. The molecule has 3 amide bonds. The van der Waals surface area contributed by atoms with Crippen LogP contribution in [0.2, 0.25) is 0 Å². The number of aliphatic hydroxyl groups excluding tert-OH is 1. The number of likely N-dealkylation sites (tertiary alicyclic amines) is 1. The number of piperazine rings is 1. The number of benzene rings is 2. The number of aryl methyl sites for hydroxylation is 1. The molecule has 0 aliphatic carbocycles. The number of pyridine rings is 1. The van der Waals surface area contributed by atoms with Crippen LogP contribution in [0.25, 0.3) is 21.7 Å². The summed E-state index contributed by atoms with van der Waals surface area (Å²) in [6.07, 6.45) is 0.164. The molecule has 3 fully saturated rings. The van der Waals surface area contributed by atoms with Gasteiger partial charge in [-0.2, -0.15) is 4.98 Å². The van der Waals surface area contributed by atoms with E-state index in [1.807, 2.05) is 87.8 Å². The number of carbonyl (C=O) groups excluding carboxylic acids is 3. The highest BCUT2D eigenvalue weighted by atomic mass is 32.1. The Morgan fingerprint density at radius 2 is 1.59 bits per heavy atom. The average molecular weight is 979 g/mol. The number of nitrogens with zero attached hydrogens (tertiary/aromatic N) is 7. The highest BCUT2D eigenvalue weighted by Crippen LogP contribution is 2.40. The maximum absolute atomic E-state index is 14.0. The quantitative estimate of drug-likeness (QED) is 0.0654. The Kier molecular flexibility index (Phi) is 16.1. The fourth-order valence-electron chi connectivity index (χ4n) is 9.12. The monoisotopic (exact) mass is 978 g/mol. The fourth-order valence-corrected chi connectivity index (χ4v) is 9.93. The highest BCUT2D eigenvalue weighted by Gasteiger charge is 2.46. The van der Waals surface area contributed by atoms with Gasteiger partial charge >= 0.3 is 0 Å². The van der Waals surface area contributed by atoms with E-state index in [2.05, 4.69) is 35.6 Å². The van der Waals surface area contributed by atoms with Crippen LogP contribution in [-0.4, -0.2) is 149 Å². The van der Waals surface area contributed by atoms with Crippen LogP contribution >= 0.6 is 11.3 Å². The van der Waals surface area contributed by atoms with Gasteiger partial charge in [0.05, 0.1) is 72.6 Å². The molecule has 372 valence electrons. The van der Waals surface area contributed by atoms with Crippen LogP contribution in [0.1, 0.15) is 44.9 Å². The lowest BCUT2D eigenvalue weighted by Crippen LogP contribution is -2.58. The number of nitrogens with one attached hydrogen (secondary N) is 2. The third-order valence-electron chi connectivity index (χ3n) is 12.7. The van der Waals surface area contributed by atoms with E-state index in [0.29, 0.717) is 49.4 Å². The molecule has 0 radical (unpaired) electrons. The van der Waals surface area contributed by atoms with Crippen LogP contribution < -0.4 is 30.9 Å². The highest BCUT2D eigenvalue weighted by molar-refractivity contribution is 7.13. The van der Waals surface area contributed by atoms with E-state index in [0.717, 1.165) is 52.7 Å². The summed E-state index contributed by atoms with van der Waals surface area (Å²) in [6.45, 7) is 10.5.